The Morgan fingerprint density at radius 3 is 0.982 bits per heavy atom. The van der Waals surface area contributed by atoms with Crippen molar-refractivity contribution in [3.8, 4) is 16.9 Å². The summed E-state index contributed by atoms with van der Waals surface area (Å²) in [6.07, 6.45) is 2.01. The van der Waals surface area contributed by atoms with Gasteiger partial charge in [0, 0.05) is 39.7 Å². The lowest BCUT2D eigenvalue weighted by atomic mass is 10.0. The van der Waals surface area contributed by atoms with E-state index >= 15 is 0 Å². The van der Waals surface area contributed by atoms with Crippen LogP contribution in [0.15, 0.2) is 231 Å². The first-order valence-electron chi connectivity index (χ1n) is 18.7. The molecule has 0 aliphatic heterocycles. The van der Waals surface area contributed by atoms with Gasteiger partial charge in [-0.2, -0.15) is 0 Å². The predicted octanol–water partition coefficient (Wildman–Crippen LogP) is 13.3. The molecule has 0 radical (unpaired) electrons. The molecule has 0 unspecified atom stereocenters. The Morgan fingerprint density at radius 1 is 0.339 bits per heavy atom. The largest absolute Gasteiger partial charge is 0.308 e. The molecule has 9 aromatic rings. The standard InChI is InChI=1S/C50H38N6/c1-8-22-39(23-9-1)47-38-53(52-51-47)46-36-48(54(40-24-10-2-11-25-40)41-26-12-3-13-27-41)50(56(44-32-18-6-19-33-44)45-34-20-7-21-35-45)49(37-46)55(42-28-14-4-15-29-42)43-30-16-5-17-31-43/h1-38H. The normalized spacial score (nSPS) is 10.9. The van der Waals surface area contributed by atoms with Crippen LogP contribution in [0.3, 0.4) is 0 Å². The van der Waals surface area contributed by atoms with Crippen molar-refractivity contribution in [3.05, 3.63) is 231 Å². The van der Waals surface area contributed by atoms with Gasteiger partial charge < -0.3 is 14.7 Å². The SMILES string of the molecule is c1ccc(-c2cn(-c3cc(N(c4ccccc4)c4ccccc4)c(N(c4ccccc4)c4ccccc4)c(N(c4ccccc4)c4ccccc4)c3)nn2)cc1. The summed E-state index contributed by atoms with van der Waals surface area (Å²) in [5, 5.41) is 9.43. The highest BCUT2D eigenvalue weighted by atomic mass is 15.4. The molecule has 0 spiro atoms. The summed E-state index contributed by atoms with van der Waals surface area (Å²) in [6.45, 7) is 0. The highest BCUT2D eigenvalue weighted by Crippen LogP contribution is 2.53. The molecule has 0 saturated carbocycles. The molecule has 0 atom stereocenters. The van der Waals surface area contributed by atoms with Gasteiger partial charge in [-0.25, -0.2) is 4.68 Å². The zero-order valence-corrected chi connectivity index (χ0v) is 30.6. The summed E-state index contributed by atoms with van der Waals surface area (Å²) in [5.41, 5.74) is 11.6. The van der Waals surface area contributed by atoms with Crippen molar-refractivity contribution in [2.45, 2.75) is 0 Å². The van der Waals surface area contributed by atoms with Gasteiger partial charge in [-0.3, -0.25) is 0 Å². The van der Waals surface area contributed by atoms with Crippen LogP contribution in [0, 0.1) is 0 Å². The van der Waals surface area contributed by atoms with Crippen LogP contribution in [0.1, 0.15) is 0 Å². The van der Waals surface area contributed by atoms with Crippen LogP contribution >= 0.6 is 0 Å². The Hall–Kier alpha value is -7.70. The lowest BCUT2D eigenvalue weighted by Gasteiger charge is -2.38. The zero-order chi connectivity index (χ0) is 37.5. The summed E-state index contributed by atoms with van der Waals surface area (Å²) < 4.78 is 1.89. The fraction of sp³-hybridized carbons (Fsp3) is 0. The third-order valence-electron chi connectivity index (χ3n) is 9.67. The summed E-state index contributed by atoms with van der Waals surface area (Å²) in [6, 6.07) is 78.1. The van der Waals surface area contributed by atoms with Gasteiger partial charge in [0.1, 0.15) is 5.69 Å². The quantitative estimate of drug-likeness (QED) is 0.133. The van der Waals surface area contributed by atoms with Crippen molar-refractivity contribution in [3.63, 3.8) is 0 Å². The maximum absolute atomic E-state index is 4.76. The van der Waals surface area contributed by atoms with E-state index in [9.17, 15) is 0 Å². The smallest absolute Gasteiger partial charge is 0.113 e. The second-order valence-corrected chi connectivity index (χ2v) is 13.3. The van der Waals surface area contributed by atoms with E-state index in [1.165, 1.54) is 0 Å². The molecule has 1 aromatic heterocycles. The number of anilines is 9. The molecule has 1 heterocycles. The van der Waals surface area contributed by atoms with E-state index in [1.54, 1.807) is 0 Å². The molecule has 9 rings (SSSR count). The first-order chi connectivity index (χ1) is 27.8. The lowest BCUT2D eigenvalue weighted by molar-refractivity contribution is 0.803. The molecule has 6 heteroatoms. The van der Waals surface area contributed by atoms with Gasteiger partial charge in [0.2, 0.25) is 0 Å². The Labute approximate surface area is 327 Å². The maximum Gasteiger partial charge on any atom is 0.113 e. The zero-order valence-electron chi connectivity index (χ0n) is 30.6. The van der Waals surface area contributed by atoms with Gasteiger partial charge in [-0.15, -0.1) is 5.10 Å². The first kappa shape index (κ1) is 34.1. The topological polar surface area (TPSA) is 40.4 Å². The van der Waals surface area contributed by atoms with Crippen molar-refractivity contribution in [2.24, 2.45) is 0 Å². The number of hydrogen-bond donors (Lipinski definition) is 0. The first-order valence-corrected chi connectivity index (χ1v) is 18.7. The van der Waals surface area contributed by atoms with Crippen molar-refractivity contribution >= 4 is 51.2 Å². The van der Waals surface area contributed by atoms with Crippen LogP contribution in [0.4, 0.5) is 51.2 Å². The molecule has 56 heavy (non-hydrogen) atoms. The van der Waals surface area contributed by atoms with Crippen LogP contribution in [0.2, 0.25) is 0 Å². The van der Waals surface area contributed by atoms with Crippen LogP contribution in [0.25, 0.3) is 16.9 Å². The van der Waals surface area contributed by atoms with Gasteiger partial charge in [0.15, 0.2) is 0 Å². The number of hydrogen-bond acceptors (Lipinski definition) is 5. The van der Waals surface area contributed by atoms with Gasteiger partial charge in [0.25, 0.3) is 0 Å². The van der Waals surface area contributed by atoms with Crippen LogP contribution in [0.5, 0.6) is 0 Å². The Morgan fingerprint density at radius 2 is 0.643 bits per heavy atom. The van der Waals surface area contributed by atoms with E-state index in [0.717, 1.165) is 68.1 Å². The van der Waals surface area contributed by atoms with Crippen LogP contribution in [-0.4, -0.2) is 15.0 Å². The minimum absolute atomic E-state index is 0.791. The number of para-hydroxylation sites is 6. The van der Waals surface area contributed by atoms with Crippen LogP contribution < -0.4 is 14.7 Å². The average molecular weight is 723 g/mol. The maximum atomic E-state index is 4.76. The van der Waals surface area contributed by atoms with E-state index in [4.69, 9.17) is 5.21 Å². The Bertz CT molecular complexity index is 2400. The second-order valence-electron chi connectivity index (χ2n) is 13.3. The molecule has 0 saturated heterocycles. The van der Waals surface area contributed by atoms with E-state index in [-0.39, 0.29) is 0 Å². The molecule has 0 aliphatic rings. The highest BCUT2D eigenvalue weighted by molar-refractivity contribution is 6.02. The molecule has 268 valence electrons. The molecular formula is C50H38N6. The third kappa shape index (κ3) is 6.91. The fourth-order valence-electron chi connectivity index (χ4n) is 7.15. The van der Waals surface area contributed by atoms with Crippen molar-refractivity contribution in [2.75, 3.05) is 14.7 Å². The molecule has 0 N–H and O–H groups in total. The molecule has 6 nitrogen and oxygen atoms in total. The molecule has 0 bridgehead atoms. The Balaban J connectivity index is 1.44. The van der Waals surface area contributed by atoms with Gasteiger partial charge in [0.05, 0.1) is 28.9 Å². The summed E-state index contributed by atoms with van der Waals surface area (Å²) >= 11 is 0. The summed E-state index contributed by atoms with van der Waals surface area (Å²) in [7, 11) is 0. The van der Waals surface area contributed by atoms with Crippen LogP contribution in [-0.2, 0) is 0 Å². The van der Waals surface area contributed by atoms with Crippen molar-refractivity contribution < 1.29 is 0 Å². The van der Waals surface area contributed by atoms with Gasteiger partial charge >= 0.3 is 0 Å². The van der Waals surface area contributed by atoms with Crippen molar-refractivity contribution in [1.29, 1.82) is 0 Å². The van der Waals surface area contributed by atoms with Gasteiger partial charge in [-0.05, 0) is 84.9 Å². The fourth-order valence-corrected chi connectivity index (χ4v) is 7.15. The number of aromatic nitrogens is 3. The lowest BCUT2D eigenvalue weighted by Crippen LogP contribution is -2.21. The summed E-state index contributed by atoms with van der Waals surface area (Å²) in [4.78, 5) is 7.04. The van der Waals surface area contributed by atoms with E-state index in [0.29, 0.717) is 0 Å². The monoisotopic (exact) mass is 722 g/mol. The minimum atomic E-state index is 0.791. The average Bonchev–Trinajstić information content (AvgIpc) is 3.78. The number of nitrogens with zero attached hydrogens (tertiary/aromatic N) is 6. The van der Waals surface area contributed by atoms with E-state index in [2.05, 4.69) is 226 Å². The molecule has 0 amide bonds. The minimum Gasteiger partial charge on any atom is -0.308 e. The molecular weight excluding hydrogens is 685 g/mol. The molecule has 8 aromatic carbocycles. The van der Waals surface area contributed by atoms with Gasteiger partial charge in [-0.1, -0.05) is 145 Å². The third-order valence-corrected chi connectivity index (χ3v) is 9.67. The number of rotatable bonds is 11. The van der Waals surface area contributed by atoms with E-state index in [1.807, 2.05) is 29.1 Å². The second kappa shape index (κ2) is 15.7. The Kier molecular flexibility index (Phi) is 9.57. The predicted molar refractivity (Wildman–Crippen MR) is 231 cm³/mol. The summed E-state index contributed by atoms with van der Waals surface area (Å²) in [5.74, 6) is 0. The highest BCUT2D eigenvalue weighted by Gasteiger charge is 2.30. The molecule has 0 aliphatic carbocycles. The van der Waals surface area contributed by atoms with E-state index < -0.39 is 0 Å². The van der Waals surface area contributed by atoms with Crippen molar-refractivity contribution in [1.82, 2.24) is 15.0 Å². The number of benzene rings is 8. The molecule has 0 fully saturated rings.